The fourth-order valence-electron chi connectivity index (χ4n) is 3.23. The van der Waals surface area contributed by atoms with Gasteiger partial charge in [0, 0.05) is 22.0 Å². The van der Waals surface area contributed by atoms with E-state index in [1.807, 2.05) is 36.6 Å². The number of anilines is 1. The molecule has 0 saturated heterocycles. The fourth-order valence-corrected chi connectivity index (χ4v) is 5.32. The highest BCUT2D eigenvalue weighted by Gasteiger charge is 2.23. The second-order valence-corrected chi connectivity index (χ2v) is 9.34. The molecule has 0 aliphatic rings. The Morgan fingerprint density at radius 1 is 1.38 bits per heavy atom. The molecule has 0 unspecified atom stereocenters. The molecular weight excluding hydrogens is 468 g/mol. The molecule has 32 heavy (non-hydrogen) atoms. The van der Waals surface area contributed by atoms with E-state index >= 15 is 0 Å². The van der Waals surface area contributed by atoms with Crippen molar-refractivity contribution in [1.82, 2.24) is 14.8 Å². The van der Waals surface area contributed by atoms with Crippen LogP contribution in [0, 0.1) is 6.92 Å². The number of carbonyl (C=O) groups excluding carboxylic acids is 2. The number of amides is 1. The molecule has 0 bridgehead atoms. The summed E-state index contributed by atoms with van der Waals surface area (Å²) in [4.78, 5) is 25.9. The summed E-state index contributed by atoms with van der Waals surface area (Å²) in [6, 6.07) is 7.34. The molecule has 0 radical (unpaired) electrons. The van der Waals surface area contributed by atoms with E-state index in [0.717, 1.165) is 16.0 Å². The third kappa shape index (κ3) is 5.23. The highest BCUT2D eigenvalue weighted by atomic mass is 35.5. The summed E-state index contributed by atoms with van der Waals surface area (Å²) in [7, 11) is 1.33. The van der Waals surface area contributed by atoms with E-state index in [-0.39, 0.29) is 11.7 Å². The molecule has 1 aromatic carbocycles. The molecule has 168 valence electrons. The second-order valence-electron chi connectivity index (χ2n) is 6.74. The van der Waals surface area contributed by atoms with Gasteiger partial charge in [-0.05, 0) is 31.0 Å². The number of hydrogen-bond acceptors (Lipinski definition) is 7. The summed E-state index contributed by atoms with van der Waals surface area (Å²) >= 11 is 8.74. The van der Waals surface area contributed by atoms with Crippen LogP contribution in [0.1, 0.15) is 27.7 Å². The van der Waals surface area contributed by atoms with Gasteiger partial charge >= 0.3 is 5.97 Å². The van der Waals surface area contributed by atoms with E-state index in [1.165, 1.54) is 30.2 Å². The summed E-state index contributed by atoms with van der Waals surface area (Å²) in [6.07, 6.45) is 2.42. The van der Waals surface area contributed by atoms with Crippen molar-refractivity contribution >= 4 is 51.6 Å². The molecule has 10 heteroatoms. The topological polar surface area (TPSA) is 86.1 Å². The number of ether oxygens (including phenoxy) is 1. The molecule has 3 rings (SSSR count). The lowest BCUT2D eigenvalue weighted by atomic mass is 10.1. The molecule has 1 N–H and O–H groups in total. The second kappa shape index (κ2) is 10.8. The van der Waals surface area contributed by atoms with Gasteiger partial charge in [0.25, 0.3) is 0 Å². The minimum atomic E-state index is -0.453. The van der Waals surface area contributed by atoms with Crippen molar-refractivity contribution in [3.8, 4) is 11.4 Å². The first kappa shape index (κ1) is 24.0. The van der Waals surface area contributed by atoms with Crippen molar-refractivity contribution in [3.63, 3.8) is 0 Å². The maximum absolute atomic E-state index is 12.7. The SMILES string of the molecule is C=CCn1c(SCC(=O)Nc2sc(C)c(CC)c2C(=O)OC)nnc1-c1cccc(Cl)c1. The first-order chi connectivity index (χ1) is 15.4. The average molecular weight is 491 g/mol. The summed E-state index contributed by atoms with van der Waals surface area (Å²) in [5, 5.41) is 13.1. The molecule has 2 aromatic heterocycles. The number of benzene rings is 1. The summed E-state index contributed by atoms with van der Waals surface area (Å²) in [5.74, 6) is 0.0430. The Labute approximate surface area is 199 Å². The quantitative estimate of drug-likeness (QED) is 0.251. The van der Waals surface area contributed by atoms with Crippen molar-refractivity contribution in [2.75, 3.05) is 18.2 Å². The molecule has 0 atom stereocenters. The minimum absolute atomic E-state index is 0.101. The fraction of sp³-hybridized carbons (Fsp3) is 0.273. The molecule has 3 aromatic rings. The number of halogens is 1. The predicted octanol–water partition coefficient (Wildman–Crippen LogP) is 5.23. The van der Waals surface area contributed by atoms with Gasteiger partial charge in [0.15, 0.2) is 11.0 Å². The van der Waals surface area contributed by atoms with Crippen molar-refractivity contribution in [1.29, 1.82) is 0 Å². The monoisotopic (exact) mass is 490 g/mol. The molecule has 0 fully saturated rings. The van der Waals surface area contributed by atoms with Crippen LogP contribution in [0.2, 0.25) is 5.02 Å². The van der Waals surface area contributed by atoms with E-state index in [9.17, 15) is 9.59 Å². The summed E-state index contributed by atoms with van der Waals surface area (Å²) in [6.45, 7) is 8.17. The smallest absolute Gasteiger partial charge is 0.341 e. The van der Waals surface area contributed by atoms with Gasteiger partial charge in [-0.2, -0.15) is 0 Å². The first-order valence-corrected chi connectivity index (χ1v) is 12.0. The van der Waals surface area contributed by atoms with Gasteiger partial charge in [-0.1, -0.05) is 48.5 Å². The van der Waals surface area contributed by atoms with Gasteiger partial charge < -0.3 is 10.1 Å². The molecule has 0 aliphatic heterocycles. The lowest BCUT2D eigenvalue weighted by molar-refractivity contribution is -0.113. The van der Waals surface area contributed by atoms with E-state index in [2.05, 4.69) is 22.1 Å². The Bertz CT molecular complexity index is 1160. The number of allylic oxidation sites excluding steroid dienone is 1. The number of nitrogens with one attached hydrogen (secondary N) is 1. The van der Waals surface area contributed by atoms with Gasteiger partial charge in [-0.3, -0.25) is 9.36 Å². The average Bonchev–Trinajstić information content (AvgIpc) is 3.31. The van der Waals surface area contributed by atoms with Crippen LogP contribution >= 0.6 is 34.7 Å². The largest absolute Gasteiger partial charge is 0.465 e. The molecule has 7 nitrogen and oxygen atoms in total. The molecular formula is C22H23ClN4O3S2. The molecule has 0 aliphatic carbocycles. The third-order valence-electron chi connectivity index (χ3n) is 4.65. The third-order valence-corrected chi connectivity index (χ3v) is 6.91. The van der Waals surface area contributed by atoms with E-state index in [4.69, 9.17) is 16.3 Å². The van der Waals surface area contributed by atoms with Crippen LogP contribution in [-0.4, -0.2) is 39.5 Å². The van der Waals surface area contributed by atoms with Crippen LogP contribution in [0.4, 0.5) is 5.00 Å². The predicted molar refractivity (Wildman–Crippen MR) is 130 cm³/mol. The van der Waals surface area contributed by atoms with Gasteiger partial charge in [0.05, 0.1) is 18.4 Å². The first-order valence-electron chi connectivity index (χ1n) is 9.82. The maximum atomic E-state index is 12.7. The lowest BCUT2D eigenvalue weighted by Crippen LogP contribution is -2.16. The highest BCUT2D eigenvalue weighted by Crippen LogP contribution is 2.34. The van der Waals surface area contributed by atoms with Crippen LogP contribution in [0.3, 0.4) is 0 Å². The molecule has 0 saturated carbocycles. The Balaban J connectivity index is 1.77. The standard InChI is InChI=1S/C22H23ClN4O3S2/c1-5-10-27-19(14-8-7-9-15(23)11-14)25-26-22(27)31-12-17(28)24-20-18(21(29)30-4)16(6-2)13(3)32-20/h5,7-9,11H,1,6,10,12H2,2-4H3,(H,24,28). The van der Waals surface area contributed by atoms with Gasteiger partial charge in [-0.25, -0.2) is 4.79 Å². The van der Waals surface area contributed by atoms with Gasteiger partial charge in [0.2, 0.25) is 5.91 Å². The summed E-state index contributed by atoms with van der Waals surface area (Å²) < 4.78 is 6.79. The Hall–Kier alpha value is -2.62. The molecule has 0 spiro atoms. The van der Waals surface area contributed by atoms with Gasteiger partial charge in [0.1, 0.15) is 5.00 Å². The number of thiophene rings is 1. The number of methoxy groups -OCH3 is 1. The molecule has 1 amide bonds. The Kier molecular flexibility index (Phi) is 8.11. The van der Waals surface area contributed by atoms with Crippen LogP contribution in [-0.2, 0) is 22.5 Å². The van der Waals surface area contributed by atoms with E-state index in [0.29, 0.717) is 39.5 Å². The summed E-state index contributed by atoms with van der Waals surface area (Å²) in [5.41, 5.74) is 2.14. The number of thioether (sulfide) groups is 1. The number of aryl methyl sites for hydroxylation is 1. The lowest BCUT2D eigenvalue weighted by Gasteiger charge is -2.09. The number of rotatable bonds is 9. The normalized spacial score (nSPS) is 10.8. The maximum Gasteiger partial charge on any atom is 0.341 e. The van der Waals surface area contributed by atoms with Crippen LogP contribution in [0.25, 0.3) is 11.4 Å². The Morgan fingerprint density at radius 3 is 2.81 bits per heavy atom. The number of carbonyl (C=O) groups is 2. The van der Waals surface area contributed by atoms with Crippen molar-refractivity contribution in [2.24, 2.45) is 0 Å². The van der Waals surface area contributed by atoms with E-state index < -0.39 is 5.97 Å². The van der Waals surface area contributed by atoms with E-state index in [1.54, 1.807) is 12.1 Å². The zero-order chi connectivity index (χ0) is 23.3. The number of hydrogen-bond donors (Lipinski definition) is 1. The zero-order valence-electron chi connectivity index (χ0n) is 18.0. The molecule has 2 heterocycles. The zero-order valence-corrected chi connectivity index (χ0v) is 20.4. The minimum Gasteiger partial charge on any atom is -0.465 e. The van der Waals surface area contributed by atoms with Crippen molar-refractivity contribution in [3.05, 3.63) is 57.9 Å². The van der Waals surface area contributed by atoms with Crippen molar-refractivity contribution in [2.45, 2.75) is 32.0 Å². The number of esters is 1. The van der Waals surface area contributed by atoms with Gasteiger partial charge in [-0.15, -0.1) is 28.1 Å². The van der Waals surface area contributed by atoms with Crippen molar-refractivity contribution < 1.29 is 14.3 Å². The Morgan fingerprint density at radius 2 is 2.16 bits per heavy atom. The van der Waals surface area contributed by atoms with Crippen LogP contribution in [0.5, 0.6) is 0 Å². The van der Waals surface area contributed by atoms with Crippen LogP contribution < -0.4 is 5.32 Å². The number of aromatic nitrogens is 3. The highest BCUT2D eigenvalue weighted by molar-refractivity contribution is 7.99. The van der Waals surface area contributed by atoms with Crippen LogP contribution in [0.15, 0.2) is 42.1 Å². The number of nitrogens with zero attached hydrogens (tertiary/aromatic N) is 3.